The molecule has 0 amide bonds. The molecule has 0 atom stereocenters. The van der Waals surface area contributed by atoms with E-state index in [0.717, 1.165) is 0 Å². The second kappa shape index (κ2) is 4.58. The van der Waals surface area contributed by atoms with Crippen molar-refractivity contribution in [2.75, 3.05) is 5.73 Å². The van der Waals surface area contributed by atoms with Gasteiger partial charge >= 0.3 is 5.97 Å². The first-order valence-electron chi connectivity index (χ1n) is 5.79. The van der Waals surface area contributed by atoms with Crippen molar-refractivity contribution in [3.05, 3.63) is 48.4 Å². The normalized spacial score (nSPS) is 10.6. The molecule has 0 spiro atoms. The van der Waals surface area contributed by atoms with Gasteiger partial charge in [-0.1, -0.05) is 0 Å². The first-order valence-corrected chi connectivity index (χ1v) is 5.79. The van der Waals surface area contributed by atoms with Crippen LogP contribution in [0.2, 0.25) is 0 Å². The van der Waals surface area contributed by atoms with E-state index in [9.17, 15) is 4.79 Å². The van der Waals surface area contributed by atoms with Crippen LogP contribution in [0.4, 0.5) is 5.69 Å². The van der Waals surface area contributed by atoms with Crippen LogP contribution in [0.3, 0.4) is 0 Å². The van der Waals surface area contributed by atoms with Gasteiger partial charge in [0.15, 0.2) is 0 Å². The van der Waals surface area contributed by atoms with Crippen LogP contribution in [0, 0.1) is 0 Å². The number of furan rings is 1. The van der Waals surface area contributed by atoms with Gasteiger partial charge in [0.2, 0.25) is 11.5 Å². The minimum Gasteiger partial charge on any atom is -0.475 e. The van der Waals surface area contributed by atoms with Crippen molar-refractivity contribution in [1.82, 2.24) is 4.98 Å². The number of carbonyl (C=O) groups is 1. The Hall–Kier alpha value is -3.02. The van der Waals surface area contributed by atoms with Crippen molar-refractivity contribution in [2.24, 2.45) is 0 Å². The Labute approximate surface area is 113 Å². The Balaban J connectivity index is 2.02. The third-order valence-corrected chi connectivity index (χ3v) is 2.71. The van der Waals surface area contributed by atoms with E-state index in [2.05, 4.69) is 4.98 Å². The average molecular weight is 270 g/mol. The lowest BCUT2D eigenvalue weighted by molar-refractivity contribution is 0.0664. The summed E-state index contributed by atoms with van der Waals surface area (Å²) in [5.74, 6) is -0.275. The van der Waals surface area contributed by atoms with E-state index in [4.69, 9.17) is 20.0 Å². The smallest absolute Gasteiger partial charge is 0.371 e. The van der Waals surface area contributed by atoms with Gasteiger partial charge in [0, 0.05) is 24.0 Å². The monoisotopic (exact) mass is 270 g/mol. The maximum Gasteiger partial charge on any atom is 0.371 e. The lowest BCUT2D eigenvalue weighted by Crippen LogP contribution is -1.91. The van der Waals surface area contributed by atoms with Crippen molar-refractivity contribution in [2.45, 2.75) is 0 Å². The molecule has 1 aromatic carbocycles. The quantitative estimate of drug-likeness (QED) is 0.710. The summed E-state index contributed by atoms with van der Waals surface area (Å²) < 4.78 is 10.8. The minimum absolute atomic E-state index is 0.180. The number of carboxylic acids is 1. The van der Waals surface area contributed by atoms with Crippen molar-refractivity contribution in [1.29, 1.82) is 0 Å². The number of hydrogen-bond donors (Lipinski definition) is 2. The first kappa shape index (κ1) is 12.0. The van der Waals surface area contributed by atoms with Crippen LogP contribution in [-0.2, 0) is 0 Å². The number of rotatable bonds is 3. The van der Waals surface area contributed by atoms with Crippen LogP contribution in [0.1, 0.15) is 10.6 Å². The number of aromatic nitrogens is 1. The summed E-state index contributed by atoms with van der Waals surface area (Å²) in [6.07, 6.45) is 1.49. The number of ether oxygens (including phenoxy) is 1. The van der Waals surface area contributed by atoms with E-state index < -0.39 is 5.97 Å². The second-order valence-corrected chi connectivity index (χ2v) is 4.11. The van der Waals surface area contributed by atoms with E-state index in [1.807, 2.05) is 0 Å². The Kier molecular flexibility index (Phi) is 2.76. The molecule has 2 heterocycles. The zero-order chi connectivity index (χ0) is 14.1. The molecule has 3 rings (SSSR count). The van der Waals surface area contributed by atoms with Crippen molar-refractivity contribution in [3.63, 3.8) is 0 Å². The molecule has 20 heavy (non-hydrogen) atoms. The molecular formula is C14H10N2O4. The second-order valence-electron chi connectivity index (χ2n) is 4.11. The average Bonchev–Trinajstić information content (AvgIpc) is 2.87. The molecule has 3 aromatic rings. The topological polar surface area (TPSA) is 98.6 Å². The zero-order valence-electron chi connectivity index (χ0n) is 10.2. The van der Waals surface area contributed by atoms with Gasteiger partial charge in [0.1, 0.15) is 11.5 Å². The highest BCUT2D eigenvalue weighted by Gasteiger charge is 2.15. The van der Waals surface area contributed by atoms with Gasteiger partial charge in [-0.3, -0.25) is 0 Å². The maximum atomic E-state index is 10.9. The number of benzene rings is 1. The summed E-state index contributed by atoms with van der Waals surface area (Å²) in [6, 6.07) is 9.90. The molecule has 2 aromatic heterocycles. The molecule has 0 aliphatic heterocycles. The van der Waals surface area contributed by atoms with Gasteiger partial charge in [-0.25, -0.2) is 9.78 Å². The van der Waals surface area contributed by atoms with Gasteiger partial charge in [-0.2, -0.15) is 0 Å². The molecule has 0 aliphatic carbocycles. The molecule has 0 bridgehead atoms. The van der Waals surface area contributed by atoms with Gasteiger partial charge in [0.05, 0.1) is 5.39 Å². The largest absolute Gasteiger partial charge is 0.475 e. The molecular weight excluding hydrogens is 260 g/mol. The zero-order valence-corrected chi connectivity index (χ0v) is 10.2. The number of hydrogen-bond acceptors (Lipinski definition) is 5. The Morgan fingerprint density at radius 3 is 2.70 bits per heavy atom. The highest BCUT2D eigenvalue weighted by atomic mass is 16.5. The number of nitrogen functional groups attached to an aromatic ring is 1. The van der Waals surface area contributed by atoms with Crippen LogP contribution in [0.25, 0.3) is 11.1 Å². The molecule has 0 radical (unpaired) electrons. The molecule has 0 aliphatic rings. The van der Waals surface area contributed by atoms with Gasteiger partial charge < -0.3 is 20.0 Å². The number of carboxylic acid groups (broad SMARTS) is 1. The van der Waals surface area contributed by atoms with Gasteiger partial charge in [-0.15, -0.1) is 0 Å². The lowest BCUT2D eigenvalue weighted by atomic mass is 10.3. The summed E-state index contributed by atoms with van der Waals surface area (Å²) >= 11 is 0. The SMILES string of the molecule is Nc1ccc(Oc2ccnc3oc(C(=O)O)cc23)cc1. The maximum absolute atomic E-state index is 10.9. The van der Waals surface area contributed by atoms with Crippen LogP contribution in [-0.4, -0.2) is 16.1 Å². The lowest BCUT2D eigenvalue weighted by Gasteiger charge is -2.06. The number of aromatic carboxylic acids is 1. The van der Waals surface area contributed by atoms with E-state index in [-0.39, 0.29) is 11.5 Å². The molecule has 0 unspecified atom stereocenters. The fraction of sp³-hybridized carbons (Fsp3) is 0. The first-order chi connectivity index (χ1) is 9.63. The molecule has 100 valence electrons. The van der Waals surface area contributed by atoms with E-state index >= 15 is 0 Å². The number of anilines is 1. The minimum atomic E-state index is -1.15. The highest BCUT2D eigenvalue weighted by molar-refractivity contribution is 5.92. The number of fused-ring (bicyclic) bond motifs is 1. The molecule has 0 saturated carbocycles. The standard InChI is InChI=1S/C14H10N2O4/c15-8-1-3-9(4-2-8)19-11-5-6-16-13-10(11)7-12(20-13)14(17)18/h1-7H,15H2,(H,17,18). The predicted octanol–water partition coefficient (Wildman–Crippen LogP) is 2.90. The van der Waals surface area contributed by atoms with Crippen LogP contribution in [0.5, 0.6) is 11.5 Å². The van der Waals surface area contributed by atoms with Gasteiger partial charge in [-0.05, 0) is 24.3 Å². The summed E-state index contributed by atoms with van der Waals surface area (Å²) in [5, 5.41) is 9.42. The Morgan fingerprint density at radius 2 is 2.00 bits per heavy atom. The van der Waals surface area contributed by atoms with Crippen LogP contribution < -0.4 is 10.5 Å². The van der Waals surface area contributed by atoms with Crippen molar-refractivity contribution >= 4 is 22.8 Å². The van der Waals surface area contributed by atoms with E-state index in [0.29, 0.717) is 22.6 Å². The summed E-state index contributed by atoms with van der Waals surface area (Å²) in [5.41, 5.74) is 6.45. The van der Waals surface area contributed by atoms with Crippen LogP contribution >= 0.6 is 0 Å². The van der Waals surface area contributed by atoms with Gasteiger partial charge in [0.25, 0.3) is 0 Å². The number of pyridine rings is 1. The van der Waals surface area contributed by atoms with Crippen molar-refractivity contribution in [3.8, 4) is 11.5 Å². The van der Waals surface area contributed by atoms with Crippen molar-refractivity contribution < 1.29 is 19.1 Å². The Bertz CT molecular complexity index is 777. The Morgan fingerprint density at radius 1 is 1.25 bits per heavy atom. The van der Waals surface area contributed by atoms with E-state index in [1.54, 1.807) is 30.3 Å². The molecule has 0 fully saturated rings. The fourth-order valence-corrected chi connectivity index (χ4v) is 1.77. The molecule has 3 N–H and O–H groups in total. The van der Waals surface area contributed by atoms with E-state index in [1.165, 1.54) is 12.3 Å². The third kappa shape index (κ3) is 2.14. The van der Waals surface area contributed by atoms with Crippen LogP contribution in [0.15, 0.2) is 47.0 Å². The highest BCUT2D eigenvalue weighted by Crippen LogP contribution is 2.31. The third-order valence-electron chi connectivity index (χ3n) is 2.71. The summed E-state index contributed by atoms with van der Waals surface area (Å²) in [6.45, 7) is 0. The summed E-state index contributed by atoms with van der Waals surface area (Å²) in [4.78, 5) is 14.9. The molecule has 0 saturated heterocycles. The summed E-state index contributed by atoms with van der Waals surface area (Å²) in [7, 11) is 0. The fourth-order valence-electron chi connectivity index (χ4n) is 1.77. The predicted molar refractivity (Wildman–Crippen MR) is 71.9 cm³/mol. The number of nitrogens with two attached hydrogens (primary N) is 1. The number of nitrogens with zero attached hydrogens (tertiary/aromatic N) is 1. The molecule has 6 heteroatoms. The molecule has 6 nitrogen and oxygen atoms in total.